The summed E-state index contributed by atoms with van der Waals surface area (Å²) < 4.78 is 29.5. The fraction of sp³-hybridized carbons (Fsp3) is 0.455. The fourth-order valence-electron chi connectivity index (χ4n) is 4.62. The number of benzene rings is 3. The summed E-state index contributed by atoms with van der Waals surface area (Å²) in [4.78, 5) is 26.6. The van der Waals surface area contributed by atoms with E-state index >= 15 is 0 Å². The minimum absolute atomic E-state index is 0.0202. The van der Waals surface area contributed by atoms with E-state index in [-0.39, 0.29) is 35.5 Å². The summed E-state index contributed by atoms with van der Waals surface area (Å²) in [5.74, 6) is -0.364. The van der Waals surface area contributed by atoms with Crippen LogP contribution in [0.1, 0.15) is 57.0 Å². The molecule has 3 rings (SSSR count). The third-order valence-electron chi connectivity index (χ3n) is 7.75. The van der Waals surface area contributed by atoms with Crippen LogP contribution in [0.4, 0.5) is 0 Å². The van der Waals surface area contributed by atoms with Gasteiger partial charge < -0.3 is 28.5 Å². The van der Waals surface area contributed by atoms with Crippen molar-refractivity contribution < 1.29 is 38.1 Å². The van der Waals surface area contributed by atoms with E-state index in [0.717, 1.165) is 5.56 Å². The van der Waals surface area contributed by atoms with Crippen molar-refractivity contribution in [2.24, 2.45) is 0 Å². The molecule has 0 spiro atoms. The van der Waals surface area contributed by atoms with Crippen LogP contribution in [0.25, 0.3) is 10.8 Å². The van der Waals surface area contributed by atoms with Crippen LogP contribution < -0.4 is 14.2 Å². The van der Waals surface area contributed by atoms with Crippen LogP contribution in [-0.2, 0) is 20.6 Å². The number of carbonyl (C=O) groups excluding carboxylic acids is 2. The first-order valence-electron chi connectivity index (χ1n) is 14.1. The van der Waals surface area contributed by atoms with Crippen LogP contribution in [0.2, 0.25) is 18.1 Å². The number of Topliss-reactive ketones (excluding diaryl/α,β-unsaturated/α-hetero) is 1. The predicted molar refractivity (Wildman–Crippen MR) is 166 cm³/mol. The number of ether oxygens (including phenoxy) is 4. The second-order valence-corrected chi connectivity index (χ2v) is 16.8. The summed E-state index contributed by atoms with van der Waals surface area (Å²) >= 11 is 0. The lowest BCUT2D eigenvalue weighted by atomic mass is 9.94. The number of fused-ring (bicyclic) bond motifs is 1. The maximum Gasteiger partial charge on any atom is 0.308 e. The zero-order valence-corrected chi connectivity index (χ0v) is 27.1. The number of aliphatic hydroxyl groups is 1. The SMILES string of the molecule is COc1cc(C(=O)[C@H](OCc2ccccc2)[C@H](O)C[C@@H](C)O[Si](C)(C)C(C)(C)C)c(OC(C)=O)c2c(OC)cccc12. The topological polar surface area (TPSA) is 101 Å². The minimum atomic E-state index is -2.14. The molecule has 0 aliphatic carbocycles. The lowest BCUT2D eigenvalue weighted by Crippen LogP contribution is -2.45. The summed E-state index contributed by atoms with van der Waals surface area (Å²) in [6.45, 7) is 14.0. The Morgan fingerprint density at radius 3 is 2.17 bits per heavy atom. The van der Waals surface area contributed by atoms with E-state index in [4.69, 9.17) is 23.4 Å². The average molecular weight is 597 g/mol. The smallest absolute Gasteiger partial charge is 0.308 e. The van der Waals surface area contributed by atoms with Gasteiger partial charge in [0.25, 0.3) is 0 Å². The molecule has 3 aromatic rings. The molecule has 0 bridgehead atoms. The van der Waals surface area contributed by atoms with Crippen molar-refractivity contribution in [1.29, 1.82) is 0 Å². The molecular weight excluding hydrogens is 552 g/mol. The Labute approximate surface area is 250 Å². The number of methoxy groups -OCH3 is 2. The lowest BCUT2D eigenvalue weighted by molar-refractivity contribution is -0.131. The second-order valence-electron chi connectivity index (χ2n) is 12.0. The highest BCUT2D eigenvalue weighted by Gasteiger charge is 2.40. The maximum atomic E-state index is 14.3. The molecule has 0 aromatic heterocycles. The van der Waals surface area contributed by atoms with Crippen molar-refractivity contribution in [3.63, 3.8) is 0 Å². The van der Waals surface area contributed by atoms with Gasteiger partial charge in [0.15, 0.2) is 19.9 Å². The van der Waals surface area contributed by atoms with Crippen molar-refractivity contribution in [2.45, 2.75) is 84.1 Å². The molecule has 0 saturated carbocycles. The van der Waals surface area contributed by atoms with Gasteiger partial charge in [-0.2, -0.15) is 0 Å². The molecule has 0 amide bonds. The average Bonchev–Trinajstić information content (AvgIpc) is 2.92. The molecule has 228 valence electrons. The second kappa shape index (κ2) is 13.8. The van der Waals surface area contributed by atoms with Crippen LogP contribution in [0.5, 0.6) is 17.2 Å². The van der Waals surface area contributed by atoms with Crippen molar-refractivity contribution >= 4 is 30.8 Å². The van der Waals surface area contributed by atoms with Gasteiger partial charge in [-0.1, -0.05) is 63.2 Å². The van der Waals surface area contributed by atoms with Crippen LogP contribution >= 0.6 is 0 Å². The standard InChI is InChI=1S/C33H44O8Si/c1-21(41-42(8,9)33(3,4)5)18-26(35)32(39-20-23-14-11-10-12-15-23)30(36)25-19-28(38-7)24-16-13-17-27(37-6)29(24)31(25)40-22(2)34/h10-17,19,21,26,32,35H,18,20H2,1-9H3/t21-,26-,32-/m1/s1. The van der Waals surface area contributed by atoms with Gasteiger partial charge in [-0.25, -0.2) is 0 Å². The molecule has 0 heterocycles. The highest BCUT2D eigenvalue weighted by molar-refractivity contribution is 6.74. The molecule has 1 N–H and O–H groups in total. The van der Waals surface area contributed by atoms with Crippen molar-refractivity contribution in [3.8, 4) is 17.2 Å². The minimum Gasteiger partial charge on any atom is -0.496 e. The number of carbonyl (C=O) groups is 2. The van der Waals surface area contributed by atoms with Gasteiger partial charge in [0.2, 0.25) is 0 Å². The number of ketones is 1. The fourth-order valence-corrected chi connectivity index (χ4v) is 6.07. The van der Waals surface area contributed by atoms with Crippen LogP contribution in [0.3, 0.4) is 0 Å². The van der Waals surface area contributed by atoms with Gasteiger partial charge in [-0.15, -0.1) is 0 Å². The molecule has 3 aromatic carbocycles. The molecule has 0 unspecified atom stereocenters. The zero-order chi connectivity index (χ0) is 31.2. The number of aliphatic hydroxyl groups excluding tert-OH is 1. The Bertz CT molecular complexity index is 1380. The summed E-state index contributed by atoms with van der Waals surface area (Å²) in [5.41, 5.74) is 0.875. The first kappa shape index (κ1) is 33.3. The Kier molecular flexibility index (Phi) is 10.9. The highest BCUT2D eigenvalue weighted by atomic mass is 28.4. The van der Waals surface area contributed by atoms with E-state index < -0.39 is 32.3 Å². The third kappa shape index (κ3) is 7.77. The van der Waals surface area contributed by atoms with Crippen molar-refractivity contribution in [3.05, 3.63) is 65.7 Å². The molecule has 9 heteroatoms. The number of esters is 1. The molecule has 3 atom stereocenters. The van der Waals surface area contributed by atoms with Gasteiger partial charge in [-0.05, 0) is 42.8 Å². The van der Waals surface area contributed by atoms with E-state index in [1.165, 1.54) is 27.2 Å². The van der Waals surface area contributed by atoms with E-state index in [2.05, 4.69) is 33.9 Å². The van der Waals surface area contributed by atoms with Crippen molar-refractivity contribution in [2.75, 3.05) is 14.2 Å². The molecule has 0 aliphatic rings. The molecular formula is C33H44O8Si. The predicted octanol–water partition coefficient (Wildman–Crippen LogP) is 6.71. The van der Waals surface area contributed by atoms with Crippen molar-refractivity contribution in [1.82, 2.24) is 0 Å². The Hall–Kier alpha value is -3.24. The lowest BCUT2D eigenvalue weighted by Gasteiger charge is -2.39. The van der Waals surface area contributed by atoms with Crippen LogP contribution in [-0.4, -0.2) is 57.7 Å². The maximum absolute atomic E-state index is 14.3. The van der Waals surface area contributed by atoms with Crippen LogP contribution in [0.15, 0.2) is 54.6 Å². The molecule has 0 saturated heterocycles. The van der Waals surface area contributed by atoms with E-state index in [1.807, 2.05) is 37.3 Å². The summed E-state index contributed by atoms with van der Waals surface area (Å²) in [5, 5.41) is 12.5. The quantitative estimate of drug-likeness (QED) is 0.101. The Morgan fingerprint density at radius 2 is 1.60 bits per heavy atom. The Morgan fingerprint density at radius 1 is 0.952 bits per heavy atom. The first-order chi connectivity index (χ1) is 19.7. The summed E-state index contributed by atoms with van der Waals surface area (Å²) in [6, 6.07) is 16.2. The van der Waals surface area contributed by atoms with Gasteiger partial charge in [-0.3, -0.25) is 9.59 Å². The van der Waals surface area contributed by atoms with Gasteiger partial charge in [0.05, 0.1) is 37.9 Å². The van der Waals surface area contributed by atoms with Gasteiger partial charge >= 0.3 is 5.97 Å². The van der Waals surface area contributed by atoms with E-state index in [9.17, 15) is 14.7 Å². The largest absolute Gasteiger partial charge is 0.496 e. The molecule has 42 heavy (non-hydrogen) atoms. The summed E-state index contributed by atoms with van der Waals surface area (Å²) in [7, 11) is 0.847. The Balaban J connectivity index is 2.09. The molecule has 8 nitrogen and oxygen atoms in total. The van der Waals surface area contributed by atoms with Gasteiger partial charge in [0.1, 0.15) is 17.6 Å². The van der Waals surface area contributed by atoms with Gasteiger partial charge in [0, 0.05) is 24.8 Å². The summed E-state index contributed by atoms with van der Waals surface area (Å²) in [6.07, 6.45) is -2.68. The monoisotopic (exact) mass is 596 g/mol. The highest BCUT2D eigenvalue weighted by Crippen LogP contribution is 2.43. The molecule has 0 aliphatic heterocycles. The number of rotatable bonds is 13. The first-order valence-corrected chi connectivity index (χ1v) is 17.0. The third-order valence-corrected chi connectivity index (χ3v) is 12.3. The van der Waals surface area contributed by atoms with E-state index in [0.29, 0.717) is 22.3 Å². The number of hydrogen-bond donors (Lipinski definition) is 1. The van der Waals surface area contributed by atoms with E-state index in [1.54, 1.807) is 18.2 Å². The zero-order valence-electron chi connectivity index (χ0n) is 26.1. The normalized spacial score (nSPS) is 14.2. The van der Waals surface area contributed by atoms with Crippen LogP contribution in [0, 0.1) is 0 Å². The number of hydrogen-bond acceptors (Lipinski definition) is 8. The molecule has 0 fully saturated rings. The molecule has 0 radical (unpaired) electrons.